The third-order valence-corrected chi connectivity index (χ3v) is 4.39. The maximum absolute atomic E-state index is 12.8. The van der Waals surface area contributed by atoms with Gasteiger partial charge in [-0.1, -0.05) is 39.0 Å². The molecule has 0 aliphatic carbocycles. The summed E-state index contributed by atoms with van der Waals surface area (Å²) in [5.74, 6) is 0.293. The van der Waals surface area contributed by atoms with Crippen LogP contribution in [-0.2, 0) is 5.41 Å². The quantitative estimate of drug-likeness (QED) is 0.592. The summed E-state index contributed by atoms with van der Waals surface area (Å²) in [4.78, 5) is 17.4. The molecule has 0 bridgehead atoms. The summed E-state index contributed by atoms with van der Waals surface area (Å²) in [5, 5.41) is 11.8. The van der Waals surface area contributed by atoms with Crippen LogP contribution in [-0.4, -0.2) is 30.3 Å². The fourth-order valence-corrected chi connectivity index (χ4v) is 2.90. The van der Waals surface area contributed by atoms with E-state index < -0.39 is 0 Å². The average Bonchev–Trinajstić information content (AvgIpc) is 3.25. The summed E-state index contributed by atoms with van der Waals surface area (Å²) >= 11 is 0. The lowest BCUT2D eigenvalue weighted by Crippen LogP contribution is -2.17. The number of aryl methyl sites for hydroxylation is 1. The van der Waals surface area contributed by atoms with E-state index in [1.165, 1.54) is 0 Å². The Morgan fingerprint density at radius 2 is 1.79 bits per heavy atom. The largest absolute Gasteiger partial charge is 0.305 e. The van der Waals surface area contributed by atoms with Crippen molar-refractivity contribution in [2.75, 3.05) is 5.32 Å². The van der Waals surface area contributed by atoms with Crippen LogP contribution in [0.3, 0.4) is 0 Å². The van der Waals surface area contributed by atoms with Crippen LogP contribution in [0.2, 0.25) is 0 Å². The van der Waals surface area contributed by atoms with Crippen molar-refractivity contribution in [3.05, 3.63) is 71.8 Å². The molecule has 0 spiro atoms. The number of nitrogens with one attached hydrogen (secondary N) is 1. The van der Waals surface area contributed by atoms with E-state index >= 15 is 0 Å². The van der Waals surface area contributed by atoms with Crippen LogP contribution in [0.4, 0.5) is 5.82 Å². The van der Waals surface area contributed by atoms with Crippen molar-refractivity contribution in [3.63, 3.8) is 0 Å². The van der Waals surface area contributed by atoms with E-state index in [0.717, 1.165) is 17.1 Å². The van der Waals surface area contributed by atoms with Crippen LogP contribution in [0.5, 0.6) is 0 Å². The molecule has 0 unspecified atom stereocenters. The summed E-state index contributed by atoms with van der Waals surface area (Å²) in [6.45, 7) is 8.17. The molecule has 142 valence electrons. The van der Waals surface area contributed by atoms with Gasteiger partial charge in [-0.2, -0.15) is 10.2 Å². The smallest absolute Gasteiger partial charge is 0.277 e. The number of nitrogens with zero attached hydrogens (tertiary/aromatic N) is 5. The predicted octanol–water partition coefficient (Wildman–Crippen LogP) is 3.77. The highest BCUT2D eigenvalue weighted by Gasteiger charge is 2.19. The maximum Gasteiger partial charge on any atom is 0.277 e. The topological polar surface area (TPSA) is 77.1 Å². The number of para-hydroxylation sites is 1. The predicted molar refractivity (Wildman–Crippen MR) is 108 cm³/mol. The van der Waals surface area contributed by atoms with Gasteiger partial charge in [0.2, 0.25) is 0 Å². The molecule has 7 nitrogen and oxygen atoms in total. The van der Waals surface area contributed by atoms with Crippen molar-refractivity contribution in [1.82, 2.24) is 24.4 Å². The number of aromatic nitrogens is 5. The first-order valence-electron chi connectivity index (χ1n) is 9.11. The van der Waals surface area contributed by atoms with Crippen LogP contribution in [0.15, 0.2) is 54.7 Å². The van der Waals surface area contributed by atoms with Gasteiger partial charge in [0.1, 0.15) is 11.5 Å². The van der Waals surface area contributed by atoms with Gasteiger partial charge >= 0.3 is 0 Å². The fourth-order valence-electron chi connectivity index (χ4n) is 2.90. The molecule has 7 heteroatoms. The Morgan fingerprint density at radius 1 is 1.04 bits per heavy atom. The molecule has 0 aliphatic heterocycles. The van der Waals surface area contributed by atoms with Gasteiger partial charge in [-0.25, -0.2) is 14.2 Å². The highest BCUT2D eigenvalue weighted by atomic mass is 16.2. The van der Waals surface area contributed by atoms with Gasteiger partial charge in [0.15, 0.2) is 5.65 Å². The highest BCUT2D eigenvalue weighted by molar-refractivity contribution is 6.02. The Kier molecular flexibility index (Phi) is 4.22. The molecule has 0 saturated carbocycles. The Balaban J connectivity index is 1.64. The summed E-state index contributed by atoms with van der Waals surface area (Å²) < 4.78 is 3.36. The van der Waals surface area contributed by atoms with Crippen molar-refractivity contribution >= 4 is 17.4 Å². The van der Waals surface area contributed by atoms with E-state index in [1.54, 1.807) is 21.3 Å². The van der Waals surface area contributed by atoms with Crippen molar-refractivity contribution < 1.29 is 4.79 Å². The molecule has 4 aromatic rings. The average molecular weight is 374 g/mol. The Morgan fingerprint density at radius 3 is 2.50 bits per heavy atom. The summed E-state index contributed by atoms with van der Waals surface area (Å²) in [5.41, 5.74) is 3.55. The van der Waals surface area contributed by atoms with Crippen LogP contribution in [0, 0.1) is 6.92 Å². The van der Waals surface area contributed by atoms with Gasteiger partial charge in [0, 0.05) is 11.5 Å². The SMILES string of the molecule is Cc1cc(NC(=O)c2ccc3nc(C(C)(C)C)cn3n2)n(-c2ccccc2)n1. The first-order chi connectivity index (χ1) is 13.3. The molecule has 0 fully saturated rings. The highest BCUT2D eigenvalue weighted by Crippen LogP contribution is 2.21. The number of carbonyl (C=O) groups excluding carboxylic acids is 1. The van der Waals surface area contributed by atoms with Crippen LogP contribution < -0.4 is 5.32 Å². The van der Waals surface area contributed by atoms with Gasteiger partial charge in [-0.3, -0.25) is 4.79 Å². The van der Waals surface area contributed by atoms with E-state index in [4.69, 9.17) is 0 Å². The van der Waals surface area contributed by atoms with Crippen molar-refractivity contribution in [1.29, 1.82) is 0 Å². The molecular formula is C21H22N6O. The number of anilines is 1. The van der Waals surface area contributed by atoms with E-state index in [2.05, 4.69) is 41.3 Å². The van der Waals surface area contributed by atoms with E-state index in [-0.39, 0.29) is 11.3 Å². The minimum absolute atomic E-state index is 0.0875. The minimum Gasteiger partial charge on any atom is -0.305 e. The number of imidazole rings is 1. The van der Waals surface area contributed by atoms with Crippen molar-refractivity contribution in [2.45, 2.75) is 33.1 Å². The fraction of sp³-hybridized carbons (Fsp3) is 0.238. The zero-order chi connectivity index (χ0) is 19.9. The van der Waals surface area contributed by atoms with E-state index in [0.29, 0.717) is 17.2 Å². The Labute approximate surface area is 163 Å². The standard InChI is InChI=1S/C21H22N6O/c1-14-12-19(27(24-14)15-8-6-5-7-9-15)23-20(28)16-10-11-18-22-17(21(2,3)4)13-26(18)25-16/h5-13H,1-4H3,(H,23,28). The summed E-state index contributed by atoms with van der Waals surface area (Å²) in [7, 11) is 0. The molecule has 4 rings (SSSR count). The number of amides is 1. The third-order valence-electron chi connectivity index (χ3n) is 4.39. The summed E-state index contributed by atoms with van der Waals surface area (Å²) in [6, 6.07) is 15.0. The minimum atomic E-state index is -0.301. The Bertz CT molecular complexity index is 1150. The van der Waals surface area contributed by atoms with Gasteiger partial charge in [0.25, 0.3) is 5.91 Å². The maximum atomic E-state index is 12.8. The molecular weight excluding hydrogens is 352 g/mol. The zero-order valence-electron chi connectivity index (χ0n) is 16.3. The molecule has 0 saturated heterocycles. The number of carbonyl (C=O) groups is 1. The molecule has 3 aromatic heterocycles. The molecule has 1 N–H and O–H groups in total. The van der Waals surface area contributed by atoms with Crippen LogP contribution in [0.25, 0.3) is 11.3 Å². The first-order valence-corrected chi connectivity index (χ1v) is 9.11. The molecule has 1 amide bonds. The van der Waals surface area contributed by atoms with Gasteiger partial charge in [-0.05, 0) is 31.2 Å². The van der Waals surface area contributed by atoms with Crippen molar-refractivity contribution in [2.24, 2.45) is 0 Å². The first kappa shape index (κ1) is 17.9. The zero-order valence-corrected chi connectivity index (χ0v) is 16.3. The number of hydrogen-bond acceptors (Lipinski definition) is 4. The number of fused-ring (bicyclic) bond motifs is 1. The van der Waals surface area contributed by atoms with Gasteiger partial charge in [-0.15, -0.1) is 0 Å². The molecule has 28 heavy (non-hydrogen) atoms. The lowest BCUT2D eigenvalue weighted by Gasteiger charge is -2.13. The lowest BCUT2D eigenvalue weighted by molar-refractivity contribution is 0.102. The van der Waals surface area contributed by atoms with Crippen LogP contribution >= 0.6 is 0 Å². The molecule has 0 radical (unpaired) electrons. The van der Waals surface area contributed by atoms with Crippen molar-refractivity contribution in [3.8, 4) is 5.69 Å². The lowest BCUT2D eigenvalue weighted by atomic mass is 9.93. The second-order valence-electron chi connectivity index (χ2n) is 7.77. The van der Waals surface area contributed by atoms with Gasteiger partial charge in [0.05, 0.1) is 23.3 Å². The molecule has 0 atom stereocenters. The molecule has 1 aromatic carbocycles. The number of benzene rings is 1. The number of rotatable bonds is 3. The normalized spacial score (nSPS) is 11.7. The second kappa shape index (κ2) is 6.60. The number of hydrogen-bond donors (Lipinski definition) is 1. The second-order valence-corrected chi connectivity index (χ2v) is 7.77. The van der Waals surface area contributed by atoms with E-state index in [1.807, 2.05) is 49.5 Å². The molecule has 0 aliphatic rings. The summed E-state index contributed by atoms with van der Waals surface area (Å²) in [6.07, 6.45) is 1.87. The molecule has 3 heterocycles. The van der Waals surface area contributed by atoms with Crippen LogP contribution in [0.1, 0.15) is 42.6 Å². The monoisotopic (exact) mass is 374 g/mol. The Hall–Kier alpha value is -3.48. The van der Waals surface area contributed by atoms with E-state index in [9.17, 15) is 4.79 Å². The third kappa shape index (κ3) is 3.38. The van der Waals surface area contributed by atoms with Gasteiger partial charge < -0.3 is 5.32 Å².